The molecule has 1 N–H and O–H groups in total. The summed E-state index contributed by atoms with van der Waals surface area (Å²) in [6.07, 6.45) is 2.31. The van der Waals surface area contributed by atoms with Crippen molar-refractivity contribution in [1.82, 2.24) is 9.55 Å². The van der Waals surface area contributed by atoms with E-state index in [2.05, 4.69) is 15.2 Å². The second kappa shape index (κ2) is 5.12. The lowest BCUT2D eigenvalue weighted by Gasteiger charge is -2.17. The standard InChI is InChI=1S/C16H17FN4O/c17-12-4-1-3-11(7-12)9-18-14-8-15-20-6-2-5-13(20)10-21(15)16(22)19-14/h1,3-4,7-8,13H,2,5-6,9-10H2,(H,18,19,22)/t13-/m1/s1. The van der Waals surface area contributed by atoms with Gasteiger partial charge in [-0.15, -0.1) is 0 Å². The molecule has 1 atom stereocenters. The fourth-order valence-corrected chi connectivity index (χ4v) is 3.37. The Morgan fingerprint density at radius 3 is 3.14 bits per heavy atom. The molecule has 0 bridgehead atoms. The smallest absolute Gasteiger partial charge is 0.351 e. The van der Waals surface area contributed by atoms with Crippen LogP contribution in [-0.2, 0) is 13.1 Å². The van der Waals surface area contributed by atoms with Crippen LogP contribution in [0.15, 0.2) is 35.1 Å². The van der Waals surface area contributed by atoms with Gasteiger partial charge in [-0.2, -0.15) is 4.98 Å². The molecule has 4 rings (SSSR count). The summed E-state index contributed by atoms with van der Waals surface area (Å²) in [5.74, 6) is 1.23. The van der Waals surface area contributed by atoms with Crippen LogP contribution in [0.2, 0.25) is 0 Å². The highest BCUT2D eigenvalue weighted by Crippen LogP contribution is 2.32. The molecule has 0 spiro atoms. The number of aromatic nitrogens is 2. The van der Waals surface area contributed by atoms with Gasteiger partial charge in [0.15, 0.2) is 0 Å². The maximum atomic E-state index is 13.2. The lowest BCUT2D eigenvalue weighted by Crippen LogP contribution is -2.24. The van der Waals surface area contributed by atoms with Crippen LogP contribution in [0.1, 0.15) is 18.4 Å². The molecule has 0 unspecified atom stereocenters. The number of nitrogens with zero attached hydrogens (tertiary/aromatic N) is 3. The molecule has 1 fully saturated rings. The van der Waals surface area contributed by atoms with Crippen LogP contribution in [0.25, 0.3) is 0 Å². The third-order valence-corrected chi connectivity index (χ3v) is 4.42. The minimum atomic E-state index is -0.263. The van der Waals surface area contributed by atoms with E-state index < -0.39 is 0 Å². The van der Waals surface area contributed by atoms with Crippen LogP contribution < -0.4 is 15.9 Å². The molecule has 5 nitrogen and oxygen atoms in total. The molecular formula is C16H17FN4O. The Hall–Kier alpha value is -2.37. The summed E-state index contributed by atoms with van der Waals surface area (Å²) in [5.41, 5.74) is 0.607. The highest BCUT2D eigenvalue weighted by molar-refractivity contribution is 5.53. The predicted molar refractivity (Wildman–Crippen MR) is 82.6 cm³/mol. The Bertz CT molecular complexity index is 773. The van der Waals surface area contributed by atoms with E-state index in [1.54, 1.807) is 10.6 Å². The van der Waals surface area contributed by atoms with Crippen molar-refractivity contribution < 1.29 is 4.39 Å². The van der Waals surface area contributed by atoms with Crippen molar-refractivity contribution >= 4 is 11.6 Å². The van der Waals surface area contributed by atoms with Gasteiger partial charge in [0.1, 0.15) is 17.5 Å². The maximum absolute atomic E-state index is 13.2. The van der Waals surface area contributed by atoms with Crippen molar-refractivity contribution in [3.8, 4) is 0 Å². The van der Waals surface area contributed by atoms with Crippen molar-refractivity contribution in [2.45, 2.75) is 32.0 Å². The van der Waals surface area contributed by atoms with Gasteiger partial charge in [-0.3, -0.25) is 4.57 Å². The summed E-state index contributed by atoms with van der Waals surface area (Å²) >= 11 is 0. The Labute approximate surface area is 127 Å². The van der Waals surface area contributed by atoms with Gasteiger partial charge in [0.05, 0.1) is 0 Å². The molecule has 0 radical (unpaired) electrons. The fourth-order valence-electron chi connectivity index (χ4n) is 3.37. The topological polar surface area (TPSA) is 50.2 Å². The lowest BCUT2D eigenvalue weighted by atomic mass is 10.2. The Kier molecular flexibility index (Phi) is 3.10. The number of halogens is 1. The Balaban J connectivity index is 1.57. The molecule has 6 heteroatoms. The highest BCUT2D eigenvalue weighted by atomic mass is 19.1. The lowest BCUT2D eigenvalue weighted by molar-refractivity contribution is 0.604. The van der Waals surface area contributed by atoms with Crippen molar-refractivity contribution in [2.24, 2.45) is 0 Å². The summed E-state index contributed by atoms with van der Waals surface area (Å²) in [4.78, 5) is 18.5. The molecular weight excluding hydrogens is 283 g/mol. The van der Waals surface area contributed by atoms with Crippen LogP contribution in [0, 0.1) is 5.82 Å². The average molecular weight is 300 g/mol. The molecule has 0 saturated carbocycles. The summed E-state index contributed by atoms with van der Waals surface area (Å²) in [7, 11) is 0. The zero-order valence-electron chi connectivity index (χ0n) is 12.1. The van der Waals surface area contributed by atoms with Gasteiger partial charge in [-0.05, 0) is 30.5 Å². The van der Waals surface area contributed by atoms with Gasteiger partial charge >= 0.3 is 5.69 Å². The molecule has 3 heterocycles. The molecule has 2 aliphatic rings. The van der Waals surface area contributed by atoms with Crippen LogP contribution in [0.3, 0.4) is 0 Å². The first-order valence-corrected chi connectivity index (χ1v) is 7.57. The van der Waals surface area contributed by atoms with E-state index in [-0.39, 0.29) is 11.5 Å². The summed E-state index contributed by atoms with van der Waals surface area (Å²) in [6, 6.07) is 8.76. The third-order valence-electron chi connectivity index (χ3n) is 4.42. The van der Waals surface area contributed by atoms with Gasteiger partial charge < -0.3 is 10.2 Å². The Morgan fingerprint density at radius 1 is 1.36 bits per heavy atom. The monoisotopic (exact) mass is 300 g/mol. The zero-order chi connectivity index (χ0) is 15.1. The molecule has 1 saturated heterocycles. The second-order valence-electron chi connectivity index (χ2n) is 5.87. The fraction of sp³-hybridized carbons (Fsp3) is 0.375. The number of hydrogen-bond donors (Lipinski definition) is 1. The molecule has 0 aliphatic carbocycles. The number of anilines is 2. The van der Waals surface area contributed by atoms with E-state index in [9.17, 15) is 9.18 Å². The first kappa shape index (κ1) is 13.3. The van der Waals surface area contributed by atoms with E-state index in [1.165, 1.54) is 18.6 Å². The van der Waals surface area contributed by atoms with E-state index in [1.807, 2.05) is 12.1 Å². The predicted octanol–water partition coefficient (Wildman–Crippen LogP) is 1.98. The van der Waals surface area contributed by atoms with Crippen LogP contribution in [0.5, 0.6) is 0 Å². The minimum absolute atomic E-state index is 0.214. The Morgan fingerprint density at radius 2 is 2.27 bits per heavy atom. The number of rotatable bonds is 3. The number of fused-ring (bicyclic) bond motifs is 3. The average Bonchev–Trinajstić information content (AvgIpc) is 3.07. The molecule has 2 aromatic rings. The van der Waals surface area contributed by atoms with Gasteiger partial charge in [0.2, 0.25) is 0 Å². The van der Waals surface area contributed by atoms with Crippen molar-refractivity contribution in [3.05, 3.63) is 52.2 Å². The van der Waals surface area contributed by atoms with Crippen LogP contribution in [-0.4, -0.2) is 22.1 Å². The number of nitrogens with one attached hydrogen (secondary N) is 1. The van der Waals surface area contributed by atoms with Crippen LogP contribution >= 0.6 is 0 Å². The van der Waals surface area contributed by atoms with E-state index >= 15 is 0 Å². The van der Waals surface area contributed by atoms with Gasteiger partial charge in [-0.1, -0.05) is 12.1 Å². The summed E-state index contributed by atoms with van der Waals surface area (Å²) in [5, 5.41) is 3.12. The SMILES string of the molecule is O=c1nc(NCc2cccc(F)c2)cc2n1C[C@H]1CCCN21. The van der Waals surface area contributed by atoms with Crippen LogP contribution in [0.4, 0.5) is 16.0 Å². The van der Waals surface area contributed by atoms with Crippen molar-refractivity contribution in [3.63, 3.8) is 0 Å². The first-order chi connectivity index (χ1) is 10.7. The molecule has 1 aromatic heterocycles. The molecule has 0 amide bonds. The summed E-state index contributed by atoms with van der Waals surface area (Å²) < 4.78 is 14.9. The molecule has 22 heavy (non-hydrogen) atoms. The molecule has 1 aromatic carbocycles. The van der Waals surface area contributed by atoms with Crippen molar-refractivity contribution in [2.75, 3.05) is 16.8 Å². The third kappa shape index (κ3) is 2.24. The normalized spacial score (nSPS) is 19.1. The van der Waals surface area contributed by atoms with Gasteiger partial charge in [0, 0.05) is 31.7 Å². The molecule has 114 valence electrons. The largest absolute Gasteiger partial charge is 0.366 e. The highest BCUT2D eigenvalue weighted by Gasteiger charge is 2.34. The number of benzene rings is 1. The van der Waals surface area contributed by atoms with E-state index in [4.69, 9.17) is 0 Å². The first-order valence-electron chi connectivity index (χ1n) is 7.57. The van der Waals surface area contributed by atoms with Gasteiger partial charge in [-0.25, -0.2) is 9.18 Å². The van der Waals surface area contributed by atoms with Gasteiger partial charge in [0.25, 0.3) is 0 Å². The zero-order valence-corrected chi connectivity index (χ0v) is 12.1. The van der Waals surface area contributed by atoms with E-state index in [0.29, 0.717) is 18.4 Å². The minimum Gasteiger partial charge on any atom is -0.366 e. The number of hydrogen-bond acceptors (Lipinski definition) is 4. The molecule has 2 aliphatic heterocycles. The maximum Gasteiger partial charge on any atom is 0.351 e. The van der Waals surface area contributed by atoms with Crippen molar-refractivity contribution in [1.29, 1.82) is 0 Å². The quantitative estimate of drug-likeness (QED) is 0.941. The summed E-state index contributed by atoms with van der Waals surface area (Å²) in [6.45, 7) is 2.18. The van der Waals surface area contributed by atoms with E-state index in [0.717, 1.165) is 30.9 Å². The second-order valence-corrected chi connectivity index (χ2v) is 5.87.